The van der Waals surface area contributed by atoms with Crippen LogP contribution in [0.25, 0.3) is 0 Å². The summed E-state index contributed by atoms with van der Waals surface area (Å²) in [7, 11) is 1.56. The highest BCUT2D eigenvalue weighted by Crippen LogP contribution is 2.32. The van der Waals surface area contributed by atoms with E-state index in [1.807, 2.05) is 16.5 Å². The van der Waals surface area contributed by atoms with Crippen molar-refractivity contribution in [2.45, 2.75) is 32.1 Å². The molecule has 4 heterocycles. The summed E-state index contributed by atoms with van der Waals surface area (Å²) in [6.45, 7) is 3.61. The second kappa shape index (κ2) is 5.57. The number of hydrogen-bond acceptors (Lipinski definition) is 7. The van der Waals surface area contributed by atoms with Crippen LogP contribution in [0.2, 0.25) is 0 Å². The van der Waals surface area contributed by atoms with Gasteiger partial charge in [0.2, 0.25) is 0 Å². The molecule has 2 aliphatic rings. The molecule has 0 N–H and O–H groups in total. The van der Waals surface area contributed by atoms with Crippen molar-refractivity contribution < 1.29 is 14.3 Å². The van der Waals surface area contributed by atoms with Crippen LogP contribution < -0.4 is 4.74 Å². The van der Waals surface area contributed by atoms with E-state index in [2.05, 4.69) is 15.3 Å². The summed E-state index contributed by atoms with van der Waals surface area (Å²) in [5.41, 5.74) is 1.66. The molecule has 2 aromatic rings. The molecule has 8 nitrogen and oxygen atoms in total. The molecule has 23 heavy (non-hydrogen) atoms. The molecule has 0 bridgehead atoms. The SMILES string of the molecule is COc1nc(C)c(C(=O)N2CC[C@@H]3OCc4cnnn4[C@H]3C2)s1. The van der Waals surface area contributed by atoms with Crippen LogP contribution in [0.4, 0.5) is 0 Å². The third kappa shape index (κ3) is 2.40. The summed E-state index contributed by atoms with van der Waals surface area (Å²) < 4.78 is 12.9. The topological polar surface area (TPSA) is 82.4 Å². The van der Waals surface area contributed by atoms with Crippen LogP contribution in [0.3, 0.4) is 0 Å². The smallest absolute Gasteiger partial charge is 0.273 e. The Hall–Kier alpha value is -2.00. The van der Waals surface area contributed by atoms with Crippen molar-refractivity contribution in [2.24, 2.45) is 0 Å². The zero-order chi connectivity index (χ0) is 16.0. The quantitative estimate of drug-likeness (QED) is 0.815. The van der Waals surface area contributed by atoms with Gasteiger partial charge in [-0.25, -0.2) is 9.67 Å². The second-order valence-corrected chi connectivity index (χ2v) is 6.69. The molecule has 0 spiro atoms. The number of rotatable bonds is 2. The number of piperidine rings is 1. The average molecular weight is 335 g/mol. The van der Waals surface area contributed by atoms with Gasteiger partial charge in [0.05, 0.1) is 43.4 Å². The number of aromatic nitrogens is 4. The molecule has 0 radical (unpaired) electrons. The lowest BCUT2D eigenvalue weighted by atomic mass is 10.00. The molecular weight excluding hydrogens is 318 g/mol. The first-order valence-corrected chi connectivity index (χ1v) is 8.30. The van der Waals surface area contributed by atoms with Gasteiger partial charge in [0.15, 0.2) is 0 Å². The van der Waals surface area contributed by atoms with E-state index in [4.69, 9.17) is 9.47 Å². The Bertz CT molecular complexity index is 743. The van der Waals surface area contributed by atoms with E-state index in [9.17, 15) is 4.79 Å². The maximum atomic E-state index is 12.8. The molecule has 0 aliphatic carbocycles. The number of thiazole rings is 1. The first-order valence-electron chi connectivity index (χ1n) is 7.48. The van der Waals surface area contributed by atoms with Gasteiger partial charge in [0.25, 0.3) is 11.1 Å². The highest BCUT2D eigenvalue weighted by Gasteiger charge is 2.38. The number of carbonyl (C=O) groups excluding carboxylic acids is 1. The van der Waals surface area contributed by atoms with Gasteiger partial charge in [-0.1, -0.05) is 16.6 Å². The predicted octanol–water partition coefficient (Wildman–Crippen LogP) is 1.04. The van der Waals surface area contributed by atoms with Crippen molar-refractivity contribution in [3.63, 3.8) is 0 Å². The van der Waals surface area contributed by atoms with Crippen molar-refractivity contribution in [3.05, 3.63) is 22.5 Å². The summed E-state index contributed by atoms with van der Waals surface area (Å²) in [6, 6.07) is 0.0223. The number of fused-ring (bicyclic) bond motifs is 3. The van der Waals surface area contributed by atoms with E-state index in [-0.39, 0.29) is 18.1 Å². The molecule has 2 aromatic heterocycles. The number of nitrogens with zero attached hydrogens (tertiary/aromatic N) is 5. The number of likely N-dealkylation sites (tertiary alicyclic amines) is 1. The van der Waals surface area contributed by atoms with Gasteiger partial charge < -0.3 is 14.4 Å². The zero-order valence-electron chi connectivity index (χ0n) is 12.9. The minimum atomic E-state index is -0.00557. The van der Waals surface area contributed by atoms with Crippen LogP contribution in [0.1, 0.15) is 33.5 Å². The van der Waals surface area contributed by atoms with Gasteiger partial charge >= 0.3 is 0 Å². The maximum Gasteiger partial charge on any atom is 0.273 e. The molecule has 1 amide bonds. The zero-order valence-corrected chi connectivity index (χ0v) is 13.7. The summed E-state index contributed by atoms with van der Waals surface area (Å²) >= 11 is 1.29. The lowest BCUT2D eigenvalue weighted by Gasteiger charge is -2.40. The first kappa shape index (κ1) is 14.6. The molecule has 1 saturated heterocycles. The van der Waals surface area contributed by atoms with E-state index >= 15 is 0 Å². The van der Waals surface area contributed by atoms with Crippen LogP contribution in [0.15, 0.2) is 6.20 Å². The fourth-order valence-electron chi connectivity index (χ4n) is 3.16. The summed E-state index contributed by atoms with van der Waals surface area (Å²) in [5.74, 6) is -0.00557. The molecule has 1 fully saturated rings. The average Bonchev–Trinajstić information content (AvgIpc) is 3.19. The fourth-order valence-corrected chi connectivity index (χ4v) is 4.01. The summed E-state index contributed by atoms with van der Waals surface area (Å²) in [6.07, 6.45) is 2.60. The third-order valence-corrected chi connectivity index (χ3v) is 5.47. The molecule has 9 heteroatoms. The number of methoxy groups -OCH3 is 1. The van der Waals surface area contributed by atoms with Crippen molar-refractivity contribution in [3.8, 4) is 5.19 Å². The Morgan fingerprint density at radius 2 is 2.39 bits per heavy atom. The van der Waals surface area contributed by atoms with Crippen molar-refractivity contribution in [2.75, 3.05) is 20.2 Å². The molecule has 2 aliphatic heterocycles. The standard InChI is InChI=1S/C14H17N5O3S/c1-8-12(23-14(16-8)21-2)13(20)18-4-3-11-10(6-18)19-9(7-22-11)5-15-17-19/h5,10-11H,3-4,6-7H2,1-2H3/t10-,11-/m0/s1. The molecule has 0 saturated carbocycles. The fraction of sp³-hybridized carbons (Fsp3) is 0.571. The van der Waals surface area contributed by atoms with Crippen molar-refractivity contribution in [1.82, 2.24) is 24.9 Å². The van der Waals surface area contributed by atoms with Crippen molar-refractivity contribution in [1.29, 1.82) is 0 Å². The van der Waals surface area contributed by atoms with Gasteiger partial charge in [-0.15, -0.1) is 5.10 Å². The summed E-state index contributed by atoms with van der Waals surface area (Å²) in [5, 5.41) is 8.63. The second-order valence-electron chi connectivity index (χ2n) is 5.72. The van der Waals surface area contributed by atoms with Crippen LogP contribution in [0.5, 0.6) is 5.19 Å². The van der Waals surface area contributed by atoms with Gasteiger partial charge in [-0.3, -0.25) is 4.79 Å². The van der Waals surface area contributed by atoms with E-state index in [0.29, 0.717) is 35.5 Å². The highest BCUT2D eigenvalue weighted by molar-refractivity contribution is 7.15. The van der Waals surface area contributed by atoms with Gasteiger partial charge in [0, 0.05) is 13.1 Å². The molecule has 2 atom stereocenters. The van der Waals surface area contributed by atoms with E-state index in [1.165, 1.54) is 11.3 Å². The number of ether oxygens (including phenoxy) is 2. The Morgan fingerprint density at radius 1 is 1.52 bits per heavy atom. The Morgan fingerprint density at radius 3 is 3.17 bits per heavy atom. The lowest BCUT2D eigenvalue weighted by molar-refractivity contribution is -0.0604. The van der Waals surface area contributed by atoms with Crippen LogP contribution in [0, 0.1) is 6.92 Å². The highest BCUT2D eigenvalue weighted by atomic mass is 32.1. The number of hydrogen-bond donors (Lipinski definition) is 0. The third-order valence-electron chi connectivity index (χ3n) is 4.36. The van der Waals surface area contributed by atoms with Gasteiger partial charge in [-0.2, -0.15) is 0 Å². The summed E-state index contributed by atoms with van der Waals surface area (Å²) in [4.78, 5) is 19.6. The maximum absolute atomic E-state index is 12.8. The molecule has 122 valence electrons. The minimum absolute atomic E-state index is 0.00557. The van der Waals surface area contributed by atoms with Crippen LogP contribution in [-0.4, -0.2) is 57.1 Å². The Kier molecular flexibility index (Phi) is 3.53. The number of aryl methyl sites for hydroxylation is 1. The minimum Gasteiger partial charge on any atom is -0.473 e. The Labute approximate surface area is 137 Å². The molecule has 0 unspecified atom stereocenters. The molecule has 0 aromatic carbocycles. The monoisotopic (exact) mass is 335 g/mol. The van der Waals surface area contributed by atoms with Crippen LogP contribution >= 0.6 is 11.3 Å². The number of amides is 1. The predicted molar refractivity (Wildman–Crippen MR) is 81.6 cm³/mol. The van der Waals surface area contributed by atoms with Crippen LogP contribution in [-0.2, 0) is 11.3 Å². The van der Waals surface area contributed by atoms with Gasteiger partial charge in [-0.05, 0) is 13.3 Å². The normalized spacial score (nSPS) is 23.3. The number of carbonyl (C=O) groups is 1. The Balaban J connectivity index is 1.57. The first-order chi connectivity index (χ1) is 11.2. The molecule has 4 rings (SSSR count). The van der Waals surface area contributed by atoms with E-state index in [1.54, 1.807) is 13.3 Å². The van der Waals surface area contributed by atoms with E-state index < -0.39 is 0 Å². The van der Waals surface area contributed by atoms with Crippen molar-refractivity contribution >= 4 is 17.2 Å². The van der Waals surface area contributed by atoms with E-state index in [0.717, 1.165) is 12.1 Å². The van der Waals surface area contributed by atoms with Gasteiger partial charge in [0.1, 0.15) is 4.88 Å². The lowest BCUT2D eigenvalue weighted by Crippen LogP contribution is -2.49. The largest absolute Gasteiger partial charge is 0.473 e. The molecular formula is C14H17N5O3S.